The molecule has 0 aromatic carbocycles. The summed E-state index contributed by atoms with van der Waals surface area (Å²) in [7, 11) is 0. The molecule has 4 atom stereocenters. The molecular weight excluding hydrogens is 120 g/mol. The van der Waals surface area contributed by atoms with Gasteiger partial charge in [0.25, 0.3) is 0 Å². The molecule has 56 valence electrons. The lowest BCUT2D eigenvalue weighted by molar-refractivity contribution is 0.0666. The molecule has 4 rings (SSSR count). The average Bonchev–Trinajstić information content (AvgIpc) is 2.42. The van der Waals surface area contributed by atoms with Gasteiger partial charge in [0.15, 0.2) is 0 Å². The summed E-state index contributed by atoms with van der Waals surface area (Å²) in [5.74, 6) is 3.45. The highest BCUT2D eigenvalue weighted by molar-refractivity contribution is 5.11. The van der Waals surface area contributed by atoms with E-state index in [1.54, 1.807) is 32.1 Å². The molecule has 0 N–H and O–H groups in total. The Morgan fingerprint density at radius 2 is 2.20 bits per heavy atom. The molecule has 4 aliphatic carbocycles. The molecule has 0 heteroatoms. The van der Waals surface area contributed by atoms with E-state index in [2.05, 4.69) is 6.92 Å². The van der Waals surface area contributed by atoms with Crippen molar-refractivity contribution in [2.45, 2.75) is 39.0 Å². The van der Waals surface area contributed by atoms with Gasteiger partial charge in [-0.05, 0) is 55.3 Å². The number of hydrogen-bond acceptors (Lipinski definition) is 0. The van der Waals surface area contributed by atoms with Crippen LogP contribution in [0.4, 0.5) is 0 Å². The van der Waals surface area contributed by atoms with Gasteiger partial charge in [0.1, 0.15) is 0 Å². The predicted octanol–water partition coefficient (Wildman–Crippen LogP) is 2.83. The zero-order valence-corrected chi connectivity index (χ0v) is 6.77. The highest BCUT2D eigenvalue weighted by Gasteiger charge is 2.61. The Balaban J connectivity index is 1.94. The minimum atomic E-state index is 0.921. The summed E-state index contributed by atoms with van der Waals surface area (Å²) < 4.78 is 0. The van der Waals surface area contributed by atoms with Crippen LogP contribution in [0.25, 0.3) is 0 Å². The second-order valence-electron chi connectivity index (χ2n) is 5.02. The molecule has 0 aromatic rings. The normalized spacial score (nSPS) is 63.9. The molecule has 0 aliphatic heterocycles. The number of fused-ring (bicyclic) bond motifs is 1. The Kier molecular flexibility index (Phi) is 0.810. The zero-order chi connectivity index (χ0) is 6.77. The van der Waals surface area contributed by atoms with Crippen LogP contribution in [0.1, 0.15) is 39.0 Å². The van der Waals surface area contributed by atoms with E-state index >= 15 is 0 Å². The largest absolute Gasteiger partial charge is 0.0625 e. The van der Waals surface area contributed by atoms with Crippen LogP contribution in [-0.4, -0.2) is 0 Å². The summed E-state index contributed by atoms with van der Waals surface area (Å²) in [5, 5.41) is 0. The Labute approximate surface area is 63.0 Å². The van der Waals surface area contributed by atoms with Crippen molar-refractivity contribution < 1.29 is 0 Å². The van der Waals surface area contributed by atoms with Gasteiger partial charge in [0.2, 0.25) is 0 Å². The summed E-state index contributed by atoms with van der Waals surface area (Å²) in [4.78, 5) is 0. The summed E-state index contributed by atoms with van der Waals surface area (Å²) in [5.41, 5.74) is 0.921. The van der Waals surface area contributed by atoms with E-state index in [9.17, 15) is 0 Å². The van der Waals surface area contributed by atoms with Crippen molar-refractivity contribution in [2.75, 3.05) is 0 Å². The standard InChI is InChI=1S/C10H16/c1-7-4-9-8-2-3-10(9,5-7)6-8/h7-9H,2-6H2,1H3. The van der Waals surface area contributed by atoms with Crippen molar-refractivity contribution in [2.24, 2.45) is 23.2 Å². The maximum atomic E-state index is 2.45. The maximum absolute atomic E-state index is 2.45. The van der Waals surface area contributed by atoms with Crippen molar-refractivity contribution >= 4 is 0 Å². The Morgan fingerprint density at radius 1 is 1.30 bits per heavy atom. The molecule has 4 saturated carbocycles. The fourth-order valence-corrected chi connectivity index (χ4v) is 4.21. The molecule has 2 bridgehead atoms. The lowest BCUT2D eigenvalue weighted by Gasteiger charge is -2.42. The highest BCUT2D eigenvalue weighted by Crippen LogP contribution is 2.71. The van der Waals surface area contributed by atoms with E-state index in [-0.39, 0.29) is 0 Å². The molecule has 4 unspecified atom stereocenters. The van der Waals surface area contributed by atoms with E-state index in [1.807, 2.05) is 0 Å². The van der Waals surface area contributed by atoms with Crippen LogP contribution in [0.3, 0.4) is 0 Å². The van der Waals surface area contributed by atoms with Crippen molar-refractivity contribution in [3.05, 3.63) is 0 Å². The van der Waals surface area contributed by atoms with Gasteiger partial charge >= 0.3 is 0 Å². The topological polar surface area (TPSA) is 0 Å². The average molecular weight is 136 g/mol. The Morgan fingerprint density at radius 3 is 2.90 bits per heavy atom. The second-order valence-corrected chi connectivity index (χ2v) is 5.02. The van der Waals surface area contributed by atoms with Crippen molar-refractivity contribution in [3.63, 3.8) is 0 Å². The van der Waals surface area contributed by atoms with E-state index in [1.165, 1.54) is 11.8 Å². The van der Waals surface area contributed by atoms with Gasteiger partial charge in [-0.15, -0.1) is 0 Å². The summed E-state index contributed by atoms with van der Waals surface area (Å²) in [6.07, 6.45) is 7.94. The van der Waals surface area contributed by atoms with Crippen LogP contribution in [0.15, 0.2) is 0 Å². The molecule has 10 heavy (non-hydrogen) atoms. The van der Waals surface area contributed by atoms with Gasteiger partial charge in [-0.25, -0.2) is 0 Å². The van der Waals surface area contributed by atoms with Crippen LogP contribution in [0.2, 0.25) is 0 Å². The molecular formula is C10H16. The third-order valence-corrected chi connectivity index (χ3v) is 4.45. The summed E-state index contributed by atoms with van der Waals surface area (Å²) >= 11 is 0. The van der Waals surface area contributed by atoms with Gasteiger partial charge in [0, 0.05) is 0 Å². The summed E-state index contributed by atoms with van der Waals surface area (Å²) in [6.45, 7) is 2.45. The van der Waals surface area contributed by atoms with Crippen LogP contribution in [0.5, 0.6) is 0 Å². The second kappa shape index (κ2) is 1.44. The van der Waals surface area contributed by atoms with Gasteiger partial charge in [0.05, 0.1) is 0 Å². The zero-order valence-electron chi connectivity index (χ0n) is 6.77. The van der Waals surface area contributed by atoms with Gasteiger partial charge in [-0.2, -0.15) is 0 Å². The molecule has 0 aromatic heterocycles. The number of rotatable bonds is 0. The minimum absolute atomic E-state index is 0.921. The Hall–Kier alpha value is 0. The maximum Gasteiger partial charge on any atom is -0.0261 e. The molecule has 0 radical (unpaired) electrons. The first-order valence-corrected chi connectivity index (χ1v) is 4.80. The third-order valence-electron chi connectivity index (χ3n) is 4.45. The van der Waals surface area contributed by atoms with E-state index in [0.29, 0.717) is 0 Å². The molecule has 0 nitrogen and oxygen atoms in total. The molecule has 4 fully saturated rings. The van der Waals surface area contributed by atoms with E-state index in [4.69, 9.17) is 0 Å². The third kappa shape index (κ3) is 0.436. The van der Waals surface area contributed by atoms with Gasteiger partial charge in [-0.1, -0.05) is 6.92 Å². The monoisotopic (exact) mass is 136 g/mol. The highest BCUT2D eigenvalue weighted by atomic mass is 14.7. The molecule has 0 saturated heterocycles. The summed E-state index contributed by atoms with van der Waals surface area (Å²) in [6, 6.07) is 0. The van der Waals surface area contributed by atoms with Crippen LogP contribution in [-0.2, 0) is 0 Å². The first-order chi connectivity index (χ1) is 4.80. The fourth-order valence-electron chi connectivity index (χ4n) is 4.21. The van der Waals surface area contributed by atoms with E-state index < -0.39 is 0 Å². The molecule has 4 aliphatic rings. The number of hydrogen-bond donors (Lipinski definition) is 0. The van der Waals surface area contributed by atoms with Gasteiger partial charge in [-0.3, -0.25) is 0 Å². The molecule has 0 heterocycles. The Bertz CT molecular complexity index is 169. The molecule has 1 spiro atoms. The first kappa shape index (κ1) is 5.62. The van der Waals surface area contributed by atoms with Crippen molar-refractivity contribution in [1.29, 1.82) is 0 Å². The smallest absolute Gasteiger partial charge is 0.0261 e. The van der Waals surface area contributed by atoms with Crippen LogP contribution < -0.4 is 0 Å². The first-order valence-electron chi connectivity index (χ1n) is 4.80. The minimum Gasteiger partial charge on any atom is -0.0625 e. The van der Waals surface area contributed by atoms with Crippen LogP contribution >= 0.6 is 0 Å². The SMILES string of the molecule is CC1CC2C3CCC2(C1)C3. The predicted molar refractivity (Wildman–Crippen MR) is 41.7 cm³/mol. The van der Waals surface area contributed by atoms with Crippen LogP contribution in [0, 0.1) is 23.2 Å². The van der Waals surface area contributed by atoms with Crippen molar-refractivity contribution in [3.8, 4) is 0 Å². The van der Waals surface area contributed by atoms with E-state index in [0.717, 1.165) is 11.3 Å². The fraction of sp³-hybridized carbons (Fsp3) is 1.00. The lowest BCUT2D eigenvalue weighted by atomic mass is 9.62. The quantitative estimate of drug-likeness (QED) is 0.480. The lowest BCUT2D eigenvalue weighted by Crippen LogP contribution is -2.35. The van der Waals surface area contributed by atoms with Gasteiger partial charge < -0.3 is 0 Å². The van der Waals surface area contributed by atoms with Crippen molar-refractivity contribution in [1.82, 2.24) is 0 Å². The molecule has 0 amide bonds.